The summed E-state index contributed by atoms with van der Waals surface area (Å²) in [4.78, 5) is 2.17. The van der Waals surface area contributed by atoms with Crippen molar-refractivity contribution in [2.75, 3.05) is 31.7 Å². The number of ether oxygens (including phenoxy) is 1. The van der Waals surface area contributed by atoms with Crippen molar-refractivity contribution in [2.24, 2.45) is 0 Å². The molecule has 0 fully saturated rings. The topological polar surface area (TPSA) is 46.1 Å². The Balaban J connectivity index is 3.06. The highest BCUT2D eigenvalue weighted by Gasteiger charge is 2.16. The smallest absolute Gasteiger partial charge is 0.226 e. The van der Waals surface area contributed by atoms with E-state index in [1.54, 1.807) is 7.11 Å². The van der Waals surface area contributed by atoms with Crippen molar-refractivity contribution in [3.63, 3.8) is 0 Å². The second-order valence-electron chi connectivity index (χ2n) is 3.68. The van der Waals surface area contributed by atoms with E-state index in [1.807, 2.05) is 4.57 Å². The van der Waals surface area contributed by atoms with Gasteiger partial charge in [0.15, 0.2) is 4.77 Å². The average molecular weight is 244 g/mol. The van der Waals surface area contributed by atoms with Crippen molar-refractivity contribution in [2.45, 2.75) is 26.8 Å². The van der Waals surface area contributed by atoms with E-state index in [0.717, 1.165) is 19.0 Å². The Labute approximate surface area is 101 Å². The molecule has 1 rings (SSSR count). The maximum atomic E-state index is 5.24. The summed E-state index contributed by atoms with van der Waals surface area (Å²) >= 11 is 5.24. The molecule has 0 amide bonds. The van der Waals surface area contributed by atoms with Crippen LogP contribution >= 0.6 is 12.2 Å². The van der Waals surface area contributed by atoms with Crippen molar-refractivity contribution in [3.05, 3.63) is 4.77 Å². The van der Waals surface area contributed by atoms with Crippen LogP contribution in [0.1, 0.15) is 26.8 Å². The standard InChI is InChI=1S/C10H20N4OS/c1-5-13(6-2)9-11-12-10(16)14(9)8(3)7-15-4/h8H,5-7H2,1-4H3,(H,12,16). The zero-order chi connectivity index (χ0) is 12.1. The lowest BCUT2D eigenvalue weighted by atomic mass is 10.3. The molecular weight excluding hydrogens is 224 g/mol. The molecule has 0 spiro atoms. The minimum Gasteiger partial charge on any atom is -0.383 e. The third-order valence-electron chi connectivity index (χ3n) is 2.58. The highest BCUT2D eigenvalue weighted by molar-refractivity contribution is 7.71. The number of rotatable bonds is 6. The van der Waals surface area contributed by atoms with Gasteiger partial charge in [-0.3, -0.25) is 4.57 Å². The quantitative estimate of drug-likeness (QED) is 0.777. The summed E-state index contributed by atoms with van der Waals surface area (Å²) < 4.78 is 7.81. The van der Waals surface area contributed by atoms with Crippen molar-refractivity contribution >= 4 is 18.2 Å². The minimum atomic E-state index is 0.187. The van der Waals surface area contributed by atoms with E-state index in [1.165, 1.54) is 0 Å². The second kappa shape index (κ2) is 6.00. The average Bonchev–Trinajstić information content (AvgIpc) is 2.63. The molecule has 6 heteroatoms. The van der Waals surface area contributed by atoms with E-state index in [4.69, 9.17) is 17.0 Å². The van der Waals surface area contributed by atoms with Crippen LogP contribution in [0.2, 0.25) is 0 Å². The Morgan fingerprint density at radius 1 is 1.50 bits per heavy atom. The highest BCUT2D eigenvalue weighted by Crippen LogP contribution is 2.17. The van der Waals surface area contributed by atoms with Crippen LogP contribution in [0, 0.1) is 4.77 Å². The number of H-pyrrole nitrogens is 1. The summed E-state index contributed by atoms with van der Waals surface area (Å²) in [5.74, 6) is 0.888. The Kier molecular flexibility index (Phi) is 4.95. The van der Waals surface area contributed by atoms with E-state index >= 15 is 0 Å². The van der Waals surface area contributed by atoms with Gasteiger partial charge in [-0.2, -0.15) is 0 Å². The third-order valence-corrected chi connectivity index (χ3v) is 2.87. The summed E-state index contributed by atoms with van der Waals surface area (Å²) in [5.41, 5.74) is 0. The first-order valence-corrected chi connectivity index (χ1v) is 5.97. The lowest BCUT2D eigenvalue weighted by molar-refractivity contribution is 0.162. The van der Waals surface area contributed by atoms with Gasteiger partial charge in [0.1, 0.15) is 0 Å². The molecule has 1 atom stereocenters. The molecule has 0 saturated heterocycles. The summed E-state index contributed by atoms with van der Waals surface area (Å²) in [6.45, 7) is 8.73. The van der Waals surface area contributed by atoms with E-state index < -0.39 is 0 Å². The number of anilines is 1. The monoisotopic (exact) mass is 244 g/mol. The van der Waals surface area contributed by atoms with E-state index in [9.17, 15) is 0 Å². The molecule has 0 aliphatic rings. The predicted molar refractivity (Wildman–Crippen MR) is 67.6 cm³/mol. The van der Waals surface area contributed by atoms with Gasteiger partial charge in [0.2, 0.25) is 5.95 Å². The summed E-state index contributed by atoms with van der Waals surface area (Å²) in [7, 11) is 1.69. The van der Waals surface area contributed by atoms with Gasteiger partial charge in [-0.1, -0.05) is 0 Å². The Morgan fingerprint density at radius 3 is 2.62 bits per heavy atom. The van der Waals surface area contributed by atoms with Gasteiger partial charge in [0.25, 0.3) is 0 Å². The molecule has 1 N–H and O–H groups in total. The van der Waals surface area contributed by atoms with Gasteiger partial charge in [0.05, 0.1) is 12.6 Å². The van der Waals surface area contributed by atoms with Gasteiger partial charge in [-0.25, -0.2) is 5.10 Å². The van der Waals surface area contributed by atoms with Crippen LogP contribution < -0.4 is 4.90 Å². The molecule has 92 valence electrons. The molecule has 1 aromatic heterocycles. The fourth-order valence-corrected chi connectivity index (χ4v) is 2.05. The molecule has 5 nitrogen and oxygen atoms in total. The molecule has 0 bridgehead atoms. The minimum absolute atomic E-state index is 0.187. The Morgan fingerprint density at radius 2 is 2.12 bits per heavy atom. The number of hydrogen-bond acceptors (Lipinski definition) is 4. The lowest BCUT2D eigenvalue weighted by Gasteiger charge is -2.23. The van der Waals surface area contributed by atoms with Gasteiger partial charge < -0.3 is 9.64 Å². The van der Waals surface area contributed by atoms with E-state index in [2.05, 4.69) is 35.9 Å². The van der Waals surface area contributed by atoms with E-state index in [0.29, 0.717) is 11.4 Å². The number of aromatic nitrogens is 3. The van der Waals surface area contributed by atoms with Crippen LogP contribution in [0.25, 0.3) is 0 Å². The maximum absolute atomic E-state index is 5.24. The lowest BCUT2D eigenvalue weighted by Crippen LogP contribution is -2.27. The number of methoxy groups -OCH3 is 1. The fourth-order valence-electron chi connectivity index (χ4n) is 1.74. The molecule has 0 radical (unpaired) electrons. The van der Waals surface area contributed by atoms with Gasteiger partial charge in [0, 0.05) is 20.2 Å². The van der Waals surface area contributed by atoms with Crippen molar-refractivity contribution in [3.8, 4) is 0 Å². The number of nitrogens with one attached hydrogen (secondary N) is 1. The van der Waals surface area contributed by atoms with Crippen molar-refractivity contribution in [1.29, 1.82) is 0 Å². The van der Waals surface area contributed by atoms with Crippen LogP contribution in [0.5, 0.6) is 0 Å². The zero-order valence-electron chi connectivity index (χ0n) is 10.4. The van der Waals surface area contributed by atoms with Crippen LogP contribution in [0.3, 0.4) is 0 Å². The first kappa shape index (κ1) is 13.2. The Bertz CT molecular complexity index is 369. The van der Waals surface area contributed by atoms with Gasteiger partial charge >= 0.3 is 0 Å². The SMILES string of the molecule is CCN(CC)c1n[nH]c(=S)n1C(C)COC. The number of hydrogen-bond donors (Lipinski definition) is 1. The Hall–Kier alpha value is -0.880. The molecule has 0 aliphatic heterocycles. The largest absolute Gasteiger partial charge is 0.383 e. The molecule has 1 unspecified atom stereocenters. The van der Waals surface area contributed by atoms with E-state index in [-0.39, 0.29) is 6.04 Å². The second-order valence-corrected chi connectivity index (χ2v) is 4.06. The molecule has 1 heterocycles. The summed E-state index contributed by atoms with van der Waals surface area (Å²) in [5, 5.41) is 7.12. The molecule has 16 heavy (non-hydrogen) atoms. The molecule has 1 aromatic rings. The van der Waals surface area contributed by atoms with Crippen molar-refractivity contribution in [1.82, 2.24) is 14.8 Å². The van der Waals surface area contributed by atoms with Gasteiger partial charge in [-0.15, -0.1) is 5.10 Å². The normalized spacial score (nSPS) is 12.8. The molecule has 0 aliphatic carbocycles. The predicted octanol–water partition coefficient (Wildman–Crippen LogP) is 1.99. The number of nitrogens with zero attached hydrogens (tertiary/aromatic N) is 3. The fraction of sp³-hybridized carbons (Fsp3) is 0.800. The number of aromatic amines is 1. The van der Waals surface area contributed by atoms with Crippen molar-refractivity contribution < 1.29 is 4.74 Å². The summed E-state index contributed by atoms with van der Waals surface area (Å²) in [6, 6.07) is 0.187. The third kappa shape index (κ3) is 2.62. The van der Waals surface area contributed by atoms with Crippen LogP contribution in [-0.2, 0) is 4.74 Å². The van der Waals surface area contributed by atoms with Gasteiger partial charge in [-0.05, 0) is 33.0 Å². The van der Waals surface area contributed by atoms with Crippen LogP contribution in [-0.4, -0.2) is 41.6 Å². The first-order valence-electron chi connectivity index (χ1n) is 5.56. The highest BCUT2D eigenvalue weighted by atomic mass is 32.1. The zero-order valence-corrected chi connectivity index (χ0v) is 11.2. The maximum Gasteiger partial charge on any atom is 0.226 e. The van der Waals surface area contributed by atoms with Crippen LogP contribution in [0.4, 0.5) is 5.95 Å². The van der Waals surface area contributed by atoms with Crippen LogP contribution in [0.15, 0.2) is 0 Å². The molecule has 0 saturated carbocycles. The summed E-state index contributed by atoms with van der Waals surface area (Å²) in [6.07, 6.45) is 0. The first-order chi connectivity index (χ1) is 7.65. The molecular formula is C10H20N4OS. The molecule has 0 aromatic carbocycles.